The molecule has 4 aromatic rings. The van der Waals surface area contributed by atoms with Gasteiger partial charge in [0.1, 0.15) is 5.75 Å². The molecule has 5 rings (SSSR count). The van der Waals surface area contributed by atoms with Crippen molar-refractivity contribution in [3.8, 4) is 11.6 Å². The molecule has 0 bridgehead atoms. The Balaban J connectivity index is 1.18. The summed E-state index contributed by atoms with van der Waals surface area (Å²) in [6, 6.07) is 20.2. The standard InChI is InChI=1S/C27H27N7O3/c1-17-13-18(2)34(32-17)25-12-11-24(30-31-25)28-20-7-9-21(10-8-20)29-27(36)19-14-26(35)33(16-19)22-5-4-6-23(15-22)37-3/h4-13,15,19H,14,16H2,1-3H3,(H,28,30)(H,29,36). The van der Waals surface area contributed by atoms with Crippen molar-refractivity contribution in [2.75, 3.05) is 29.2 Å². The zero-order chi connectivity index (χ0) is 25.9. The number of nitrogens with one attached hydrogen (secondary N) is 2. The molecule has 0 spiro atoms. The Morgan fingerprint density at radius 3 is 2.46 bits per heavy atom. The van der Waals surface area contributed by atoms with Gasteiger partial charge in [-0.3, -0.25) is 9.59 Å². The van der Waals surface area contributed by atoms with Crippen molar-refractivity contribution in [2.45, 2.75) is 20.3 Å². The van der Waals surface area contributed by atoms with E-state index < -0.39 is 5.92 Å². The molecule has 10 nitrogen and oxygen atoms in total. The minimum atomic E-state index is -0.437. The van der Waals surface area contributed by atoms with Crippen molar-refractivity contribution < 1.29 is 14.3 Å². The Morgan fingerprint density at radius 1 is 1.00 bits per heavy atom. The van der Waals surface area contributed by atoms with E-state index in [4.69, 9.17) is 4.74 Å². The van der Waals surface area contributed by atoms with Crippen LogP contribution >= 0.6 is 0 Å². The van der Waals surface area contributed by atoms with Gasteiger partial charge in [-0.05, 0) is 68.4 Å². The predicted molar refractivity (Wildman–Crippen MR) is 140 cm³/mol. The van der Waals surface area contributed by atoms with E-state index in [1.54, 1.807) is 34.9 Å². The Morgan fingerprint density at radius 2 is 1.78 bits per heavy atom. The van der Waals surface area contributed by atoms with Crippen LogP contribution < -0.4 is 20.3 Å². The summed E-state index contributed by atoms with van der Waals surface area (Å²) in [6.07, 6.45) is 0.162. The molecular weight excluding hydrogens is 470 g/mol. The van der Waals surface area contributed by atoms with Crippen molar-refractivity contribution in [1.29, 1.82) is 0 Å². The largest absolute Gasteiger partial charge is 0.497 e. The number of anilines is 4. The van der Waals surface area contributed by atoms with Gasteiger partial charge in [-0.2, -0.15) is 5.10 Å². The minimum absolute atomic E-state index is 0.0852. The van der Waals surface area contributed by atoms with Crippen molar-refractivity contribution in [2.24, 2.45) is 5.92 Å². The fourth-order valence-corrected chi connectivity index (χ4v) is 4.31. The van der Waals surface area contributed by atoms with Gasteiger partial charge in [0.25, 0.3) is 0 Å². The number of aryl methyl sites for hydroxylation is 2. The maximum atomic E-state index is 12.9. The van der Waals surface area contributed by atoms with Crippen LogP contribution in [0.3, 0.4) is 0 Å². The SMILES string of the molecule is COc1cccc(N2CC(C(=O)Nc3ccc(Nc4ccc(-n5nc(C)cc5C)nn4)cc3)CC2=O)c1. The Labute approximate surface area is 214 Å². The summed E-state index contributed by atoms with van der Waals surface area (Å²) in [7, 11) is 1.58. The van der Waals surface area contributed by atoms with Crippen molar-refractivity contribution in [3.63, 3.8) is 0 Å². The summed E-state index contributed by atoms with van der Waals surface area (Å²) in [5.74, 6) is 1.18. The molecule has 2 aromatic carbocycles. The molecule has 0 aliphatic carbocycles. The third-order valence-electron chi connectivity index (χ3n) is 6.16. The molecule has 1 fully saturated rings. The van der Waals surface area contributed by atoms with E-state index in [0.29, 0.717) is 29.6 Å². The number of amides is 2. The molecule has 188 valence electrons. The second-order valence-electron chi connectivity index (χ2n) is 8.91. The summed E-state index contributed by atoms with van der Waals surface area (Å²) < 4.78 is 6.99. The minimum Gasteiger partial charge on any atom is -0.497 e. The molecular formula is C27H27N7O3. The van der Waals surface area contributed by atoms with Crippen LogP contribution in [0.15, 0.2) is 66.7 Å². The quantitative estimate of drug-likeness (QED) is 0.396. The van der Waals surface area contributed by atoms with E-state index in [2.05, 4.69) is 25.9 Å². The van der Waals surface area contributed by atoms with E-state index >= 15 is 0 Å². The van der Waals surface area contributed by atoms with Gasteiger partial charge >= 0.3 is 0 Å². The second kappa shape index (κ2) is 10.1. The van der Waals surface area contributed by atoms with Gasteiger partial charge in [0.2, 0.25) is 11.8 Å². The second-order valence-corrected chi connectivity index (χ2v) is 8.91. The lowest BCUT2D eigenvalue weighted by molar-refractivity contribution is -0.122. The van der Waals surface area contributed by atoms with E-state index in [1.807, 2.05) is 62.4 Å². The number of carbonyl (C=O) groups excluding carboxylic acids is 2. The molecule has 10 heteroatoms. The van der Waals surface area contributed by atoms with Gasteiger partial charge in [0.05, 0.1) is 18.7 Å². The van der Waals surface area contributed by atoms with E-state index in [-0.39, 0.29) is 18.2 Å². The zero-order valence-electron chi connectivity index (χ0n) is 20.8. The molecule has 2 aromatic heterocycles. The van der Waals surface area contributed by atoms with Crippen LogP contribution in [0.2, 0.25) is 0 Å². The molecule has 1 unspecified atom stereocenters. The third-order valence-corrected chi connectivity index (χ3v) is 6.16. The average Bonchev–Trinajstić information content (AvgIpc) is 3.46. The number of hydrogen-bond acceptors (Lipinski definition) is 7. The first-order valence-electron chi connectivity index (χ1n) is 11.9. The number of carbonyl (C=O) groups is 2. The lowest BCUT2D eigenvalue weighted by atomic mass is 10.1. The first-order chi connectivity index (χ1) is 17.9. The number of methoxy groups -OCH3 is 1. The topological polar surface area (TPSA) is 114 Å². The number of ether oxygens (including phenoxy) is 1. The fraction of sp³-hybridized carbons (Fsp3) is 0.222. The smallest absolute Gasteiger partial charge is 0.229 e. The van der Waals surface area contributed by atoms with Crippen LogP contribution in [0.4, 0.5) is 22.9 Å². The number of hydrogen-bond donors (Lipinski definition) is 2. The highest BCUT2D eigenvalue weighted by Crippen LogP contribution is 2.29. The highest BCUT2D eigenvalue weighted by atomic mass is 16.5. The van der Waals surface area contributed by atoms with Gasteiger partial charge in [-0.25, -0.2) is 4.68 Å². The average molecular weight is 498 g/mol. The summed E-state index contributed by atoms with van der Waals surface area (Å²) >= 11 is 0. The monoisotopic (exact) mass is 497 g/mol. The molecule has 0 saturated carbocycles. The van der Waals surface area contributed by atoms with E-state index in [0.717, 1.165) is 22.8 Å². The molecule has 2 amide bonds. The van der Waals surface area contributed by atoms with Crippen LogP contribution in [0.25, 0.3) is 5.82 Å². The number of aromatic nitrogens is 4. The Kier molecular flexibility index (Phi) is 6.55. The fourth-order valence-electron chi connectivity index (χ4n) is 4.31. The van der Waals surface area contributed by atoms with E-state index in [1.165, 1.54) is 0 Å². The van der Waals surface area contributed by atoms with Gasteiger partial charge in [0.15, 0.2) is 11.6 Å². The van der Waals surface area contributed by atoms with Gasteiger partial charge in [0, 0.05) is 41.8 Å². The predicted octanol–water partition coefficient (Wildman–Crippen LogP) is 4.02. The zero-order valence-corrected chi connectivity index (χ0v) is 20.8. The third kappa shape index (κ3) is 5.27. The van der Waals surface area contributed by atoms with Crippen LogP contribution in [0.1, 0.15) is 17.8 Å². The van der Waals surface area contributed by atoms with Crippen molar-refractivity contribution in [1.82, 2.24) is 20.0 Å². The van der Waals surface area contributed by atoms with Crippen molar-refractivity contribution in [3.05, 3.63) is 78.1 Å². The number of nitrogens with zero attached hydrogens (tertiary/aromatic N) is 5. The van der Waals surface area contributed by atoms with Gasteiger partial charge in [-0.15, -0.1) is 10.2 Å². The molecule has 3 heterocycles. The van der Waals surface area contributed by atoms with Crippen LogP contribution in [0.5, 0.6) is 5.75 Å². The Hall–Kier alpha value is -4.73. The van der Waals surface area contributed by atoms with Crippen LogP contribution in [-0.2, 0) is 9.59 Å². The maximum Gasteiger partial charge on any atom is 0.229 e. The maximum absolute atomic E-state index is 12.9. The lowest BCUT2D eigenvalue weighted by Gasteiger charge is -2.17. The molecule has 2 N–H and O–H groups in total. The molecule has 37 heavy (non-hydrogen) atoms. The van der Waals surface area contributed by atoms with Crippen LogP contribution in [-0.4, -0.2) is 45.4 Å². The summed E-state index contributed by atoms with van der Waals surface area (Å²) in [5.41, 5.74) is 4.07. The summed E-state index contributed by atoms with van der Waals surface area (Å²) in [4.78, 5) is 27.0. The highest BCUT2D eigenvalue weighted by Gasteiger charge is 2.35. The molecule has 1 saturated heterocycles. The van der Waals surface area contributed by atoms with Crippen molar-refractivity contribution >= 4 is 34.7 Å². The normalized spacial score (nSPS) is 15.1. The first kappa shape index (κ1) is 24.0. The first-order valence-corrected chi connectivity index (χ1v) is 11.9. The molecule has 1 aliphatic heterocycles. The summed E-state index contributed by atoms with van der Waals surface area (Å²) in [6.45, 7) is 4.22. The van der Waals surface area contributed by atoms with Gasteiger partial charge < -0.3 is 20.3 Å². The number of benzene rings is 2. The number of rotatable bonds is 7. The Bertz CT molecular complexity index is 1430. The molecule has 1 atom stereocenters. The molecule has 0 radical (unpaired) electrons. The lowest BCUT2D eigenvalue weighted by Crippen LogP contribution is -2.28. The van der Waals surface area contributed by atoms with Crippen LogP contribution in [0, 0.1) is 19.8 Å². The molecule has 1 aliphatic rings. The van der Waals surface area contributed by atoms with Gasteiger partial charge in [-0.1, -0.05) is 6.07 Å². The van der Waals surface area contributed by atoms with E-state index in [9.17, 15) is 9.59 Å². The highest BCUT2D eigenvalue weighted by molar-refractivity contribution is 6.03. The summed E-state index contributed by atoms with van der Waals surface area (Å²) in [5, 5.41) is 19.0.